The van der Waals surface area contributed by atoms with Gasteiger partial charge < -0.3 is 15.0 Å². The van der Waals surface area contributed by atoms with Gasteiger partial charge in [0, 0.05) is 13.1 Å². The van der Waals surface area contributed by atoms with Crippen LogP contribution in [0.2, 0.25) is 0 Å². The fourth-order valence-electron chi connectivity index (χ4n) is 3.53. The molecule has 0 saturated carbocycles. The Morgan fingerprint density at radius 2 is 1.77 bits per heavy atom. The smallest absolute Gasteiger partial charge is 0.296 e. The third kappa shape index (κ3) is 3.95. The summed E-state index contributed by atoms with van der Waals surface area (Å²) >= 11 is 0. The van der Waals surface area contributed by atoms with Crippen molar-refractivity contribution in [1.29, 1.82) is 0 Å². The lowest BCUT2D eigenvalue weighted by Crippen LogP contribution is -2.36. The molecule has 2 aromatic heterocycles. The van der Waals surface area contributed by atoms with E-state index in [4.69, 9.17) is 4.74 Å². The summed E-state index contributed by atoms with van der Waals surface area (Å²) in [5.74, 6) is -0.516. The highest BCUT2D eigenvalue weighted by Gasteiger charge is 2.25. The van der Waals surface area contributed by atoms with Crippen molar-refractivity contribution in [2.24, 2.45) is 0 Å². The number of anilines is 2. The average Bonchev–Trinajstić information content (AvgIpc) is 3.08. The monoisotopic (exact) mass is 405 g/mol. The SMILES string of the molecule is Cc1nn(-c2ccccc2)c(C)c1C(=O)C(=O)Nc1ccc(N2CCOCC2)nc1. The van der Waals surface area contributed by atoms with Gasteiger partial charge in [-0.1, -0.05) is 18.2 Å². The Labute approximate surface area is 174 Å². The lowest BCUT2D eigenvalue weighted by atomic mass is 10.1. The fourth-order valence-corrected chi connectivity index (χ4v) is 3.53. The van der Waals surface area contributed by atoms with Gasteiger partial charge in [0.1, 0.15) is 5.82 Å². The summed E-state index contributed by atoms with van der Waals surface area (Å²) in [5, 5.41) is 7.08. The van der Waals surface area contributed by atoms with Crippen LogP contribution < -0.4 is 10.2 Å². The first kappa shape index (κ1) is 19.8. The molecule has 1 saturated heterocycles. The quantitative estimate of drug-likeness (QED) is 0.518. The van der Waals surface area contributed by atoms with Crippen LogP contribution in [0.25, 0.3) is 5.69 Å². The molecule has 0 spiro atoms. The molecule has 0 aliphatic carbocycles. The van der Waals surface area contributed by atoms with Crippen molar-refractivity contribution in [2.75, 3.05) is 36.5 Å². The number of nitrogens with zero attached hydrogens (tertiary/aromatic N) is 4. The maximum Gasteiger partial charge on any atom is 0.296 e. The van der Waals surface area contributed by atoms with E-state index in [0.29, 0.717) is 35.9 Å². The van der Waals surface area contributed by atoms with E-state index in [-0.39, 0.29) is 0 Å². The van der Waals surface area contributed by atoms with Gasteiger partial charge in [0.05, 0.1) is 47.7 Å². The number of pyridine rings is 1. The number of nitrogens with one attached hydrogen (secondary N) is 1. The van der Waals surface area contributed by atoms with Crippen molar-refractivity contribution in [3.05, 3.63) is 65.6 Å². The number of carbonyl (C=O) groups excluding carboxylic acids is 2. The second kappa shape index (κ2) is 8.46. The van der Waals surface area contributed by atoms with Crippen LogP contribution in [0, 0.1) is 13.8 Å². The Morgan fingerprint density at radius 1 is 1.03 bits per heavy atom. The van der Waals surface area contributed by atoms with Gasteiger partial charge >= 0.3 is 0 Å². The number of hydrogen-bond donors (Lipinski definition) is 1. The van der Waals surface area contributed by atoms with Gasteiger partial charge in [-0.2, -0.15) is 5.10 Å². The van der Waals surface area contributed by atoms with E-state index in [1.807, 2.05) is 36.4 Å². The molecule has 30 heavy (non-hydrogen) atoms. The van der Waals surface area contributed by atoms with Crippen LogP contribution in [0.5, 0.6) is 0 Å². The first-order valence-corrected chi connectivity index (χ1v) is 9.80. The van der Waals surface area contributed by atoms with Gasteiger partial charge in [0.15, 0.2) is 0 Å². The molecular formula is C22H23N5O3. The number of para-hydroxylation sites is 1. The Bertz CT molecular complexity index is 1050. The minimum absolute atomic E-state index is 0.314. The molecule has 1 aromatic carbocycles. The Balaban J connectivity index is 1.49. The second-order valence-corrected chi connectivity index (χ2v) is 7.08. The highest BCUT2D eigenvalue weighted by atomic mass is 16.5. The van der Waals surface area contributed by atoms with Crippen LogP contribution >= 0.6 is 0 Å². The van der Waals surface area contributed by atoms with Crippen molar-refractivity contribution in [2.45, 2.75) is 13.8 Å². The molecule has 4 rings (SSSR count). The molecule has 8 nitrogen and oxygen atoms in total. The van der Waals surface area contributed by atoms with Crippen LogP contribution in [0.1, 0.15) is 21.7 Å². The lowest BCUT2D eigenvalue weighted by Gasteiger charge is -2.27. The van der Waals surface area contributed by atoms with E-state index >= 15 is 0 Å². The number of aryl methyl sites for hydroxylation is 1. The fraction of sp³-hybridized carbons (Fsp3) is 0.273. The molecular weight excluding hydrogens is 382 g/mol. The summed E-state index contributed by atoms with van der Waals surface area (Å²) in [6.45, 7) is 6.41. The zero-order valence-electron chi connectivity index (χ0n) is 17.0. The highest BCUT2D eigenvalue weighted by molar-refractivity contribution is 6.47. The summed E-state index contributed by atoms with van der Waals surface area (Å²) in [5.41, 5.74) is 2.75. The summed E-state index contributed by atoms with van der Waals surface area (Å²) in [6.07, 6.45) is 1.56. The predicted octanol–water partition coefficient (Wildman–Crippen LogP) is 2.54. The van der Waals surface area contributed by atoms with Gasteiger partial charge in [0.2, 0.25) is 0 Å². The molecule has 1 fully saturated rings. The predicted molar refractivity (Wildman–Crippen MR) is 113 cm³/mol. The molecule has 8 heteroatoms. The average molecular weight is 405 g/mol. The molecule has 0 radical (unpaired) electrons. The standard InChI is InChI=1S/C22H23N5O3/c1-15-20(16(2)27(25-15)18-6-4-3-5-7-18)21(28)22(29)24-17-8-9-19(23-14-17)26-10-12-30-13-11-26/h3-9,14H,10-13H2,1-2H3,(H,24,29). The lowest BCUT2D eigenvalue weighted by molar-refractivity contribution is -0.112. The first-order chi connectivity index (χ1) is 14.5. The molecule has 1 aliphatic rings. The van der Waals surface area contributed by atoms with E-state index in [0.717, 1.165) is 24.6 Å². The topological polar surface area (TPSA) is 89.4 Å². The number of aromatic nitrogens is 3. The Hall–Kier alpha value is -3.52. The third-order valence-electron chi connectivity index (χ3n) is 5.07. The van der Waals surface area contributed by atoms with Crippen molar-refractivity contribution in [1.82, 2.24) is 14.8 Å². The largest absolute Gasteiger partial charge is 0.378 e. The van der Waals surface area contributed by atoms with E-state index < -0.39 is 11.7 Å². The zero-order chi connectivity index (χ0) is 21.1. The Morgan fingerprint density at radius 3 is 2.43 bits per heavy atom. The summed E-state index contributed by atoms with van der Waals surface area (Å²) in [6, 6.07) is 13.1. The number of hydrogen-bond acceptors (Lipinski definition) is 6. The second-order valence-electron chi connectivity index (χ2n) is 7.08. The number of ketones is 1. The van der Waals surface area contributed by atoms with E-state index in [9.17, 15) is 9.59 Å². The van der Waals surface area contributed by atoms with Crippen molar-refractivity contribution in [3.8, 4) is 5.69 Å². The minimum Gasteiger partial charge on any atom is -0.378 e. The summed E-state index contributed by atoms with van der Waals surface area (Å²) < 4.78 is 7.02. The van der Waals surface area contributed by atoms with Crippen LogP contribution in [-0.2, 0) is 9.53 Å². The van der Waals surface area contributed by atoms with Gasteiger partial charge in [-0.3, -0.25) is 9.59 Å². The first-order valence-electron chi connectivity index (χ1n) is 9.80. The maximum absolute atomic E-state index is 12.8. The summed E-state index contributed by atoms with van der Waals surface area (Å²) in [4.78, 5) is 31.9. The van der Waals surface area contributed by atoms with Gasteiger partial charge in [-0.25, -0.2) is 9.67 Å². The van der Waals surface area contributed by atoms with E-state index in [2.05, 4.69) is 20.3 Å². The molecule has 1 amide bonds. The molecule has 154 valence electrons. The number of carbonyl (C=O) groups is 2. The summed E-state index contributed by atoms with van der Waals surface area (Å²) in [7, 11) is 0. The van der Waals surface area contributed by atoms with Crippen molar-refractivity contribution < 1.29 is 14.3 Å². The third-order valence-corrected chi connectivity index (χ3v) is 5.07. The molecule has 3 aromatic rings. The van der Waals surface area contributed by atoms with Crippen molar-refractivity contribution >= 4 is 23.2 Å². The molecule has 0 atom stereocenters. The van der Waals surface area contributed by atoms with Crippen LogP contribution in [0.3, 0.4) is 0 Å². The normalized spacial score (nSPS) is 13.9. The molecule has 1 aliphatic heterocycles. The van der Waals surface area contributed by atoms with Crippen molar-refractivity contribution in [3.63, 3.8) is 0 Å². The van der Waals surface area contributed by atoms with Gasteiger partial charge in [-0.05, 0) is 38.1 Å². The maximum atomic E-state index is 12.8. The minimum atomic E-state index is -0.713. The number of morpholine rings is 1. The molecule has 0 bridgehead atoms. The highest BCUT2D eigenvalue weighted by Crippen LogP contribution is 2.20. The number of benzene rings is 1. The van der Waals surface area contributed by atoms with Gasteiger partial charge in [-0.15, -0.1) is 0 Å². The van der Waals surface area contributed by atoms with Gasteiger partial charge in [0.25, 0.3) is 11.7 Å². The van der Waals surface area contributed by atoms with E-state index in [1.54, 1.807) is 30.8 Å². The number of amides is 1. The van der Waals surface area contributed by atoms with Crippen LogP contribution in [-0.4, -0.2) is 52.8 Å². The van der Waals surface area contributed by atoms with E-state index in [1.165, 1.54) is 0 Å². The molecule has 1 N–H and O–H groups in total. The molecule has 3 heterocycles. The number of Topliss-reactive ketones (excluding diaryl/α,β-unsaturated/α-hetero) is 1. The molecule has 0 unspecified atom stereocenters. The Kier molecular flexibility index (Phi) is 5.58. The zero-order valence-corrected chi connectivity index (χ0v) is 17.0. The number of rotatable bonds is 5. The number of ether oxygens (including phenoxy) is 1. The van der Waals surface area contributed by atoms with Crippen LogP contribution in [0.4, 0.5) is 11.5 Å². The van der Waals surface area contributed by atoms with Crippen LogP contribution in [0.15, 0.2) is 48.7 Å².